The zero-order chi connectivity index (χ0) is 27.2. The minimum Gasteiger partial charge on any atom is -0.490 e. The molecule has 2 saturated heterocycles. The number of allylic oxidation sites excluding steroid dienone is 1. The summed E-state index contributed by atoms with van der Waals surface area (Å²) in [4.78, 5) is 39.5. The van der Waals surface area contributed by atoms with E-state index in [1.165, 1.54) is 0 Å². The Kier molecular flexibility index (Phi) is 8.53. The van der Waals surface area contributed by atoms with Gasteiger partial charge in [-0.2, -0.15) is 0 Å². The number of rotatable bonds is 7. The number of benzene rings is 1. The van der Waals surface area contributed by atoms with Crippen LogP contribution in [0.2, 0.25) is 0 Å². The lowest BCUT2D eigenvalue weighted by Crippen LogP contribution is -2.43. The molecule has 4 heterocycles. The van der Waals surface area contributed by atoms with E-state index in [4.69, 9.17) is 4.74 Å². The van der Waals surface area contributed by atoms with Crippen molar-refractivity contribution in [3.05, 3.63) is 59.6 Å². The monoisotopic (exact) mass is 531 g/mol. The maximum Gasteiger partial charge on any atom is 0.274 e. The van der Waals surface area contributed by atoms with Gasteiger partial charge in [0.05, 0.1) is 24.1 Å². The van der Waals surface area contributed by atoms with E-state index in [1.807, 2.05) is 31.2 Å². The summed E-state index contributed by atoms with van der Waals surface area (Å²) < 4.78 is 6.16. The van der Waals surface area contributed by atoms with Crippen LogP contribution in [0, 0.1) is 0 Å². The molecule has 1 aromatic carbocycles. The summed E-state index contributed by atoms with van der Waals surface area (Å²) in [5.74, 6) is 0.810. The van der Waals surface area contributed by atoms with Crippen LogP contribution in [0.4, 0.5) is 11.4 Å². The highest BCUT2D eigenvalue weighted by molar-refractivity contribution is 6.12. The number of aromatic nitrogens is 1. The zero-order valence-electron chi connectivity index (χ0n) is 22.7. The number of piperidine rings is 1. The molecule has 10 nitrogen and oxygen atoms in total. The number of hydrogen-bond donors (Lipinski definition) is 3. The fourth-order valence-corrected chi connectivity index (χ4v) is 5.23. The lowest BCUT2D eigenvalue weighted by molar-refractivity contribution is -0.112. The van der Waals surface area contributed by atoms with E-state index in [0.717, 1.165) is 69.1 Å². The van der Waals surface area contributed by atoms with Crippen LogP contribution >= 0.6 is 0 Å². The molecule has 5 rings (SSSR count). The number of piperazine rings is 1. The van der Waals surface area contributed by atoms with Crippen LogP contribution in [0.3, 0.4) is 0 Å². The first-order valence-corrected chi connectivity index (χ1v) is 13.8. The van der Waals surface area contributed by atoms with Gasteiger partial charge in [0.15, 0.2) is 0 Å². The van der Waals surface area contributed by atoms with Crippen molar-refractivity contribution in [1.29, 1.82) is 0 Å². The molecule has 0 aliphatic carbocycles. The second kappa shape index (κ2) is 12.4. The minimum atomic E-state index is -0.338. The molecule has 0 atom stereocenters. The van der Waals surface area contributed by atoms with Crippen LogP contribution in [-0.4, -0.2) is 72.9 Å². The normalized spacial score (nSPS) is 18.8. The second-order valence-electron chi connectivity index (χ2n) is 9.92. The predicted octanol–water partition coefficient (Wildman–Crippen LogP) is 2.93. The van der Waals surface area contributed by atoms with Crippen LogP contribution < -0.4 is 25.6 Å². The van der Waals surface area contributed by atoms with Crippen molar-refractivity contribution < 1.29 is 14.3 Å². The van der Waals surface area contributed by atoms with Gasteiger partial charge in [0.1, 0.15) is 23.4 Å². The SMILES string of the molecule is C/C=C(\N=C(/CC)N1Cc2ccc(OC3CCNCC3)cc2C1=O)C(=O)Nc1cnccc1N1CCNCC1. The third-order valence-electron chi connectivity index (χ3n) is 7.36. The lowest BCUT2D eigenvalue weighted by atomic mass is 10.1. The average molecular weight is 532 g/mol. The summed E-state index contributed by atoms with van der Waals surface area (Å²) in [5, 5.41) is 9.67. The number of hydrogen-bond acceptors (Lipinski definition) is 8. The van der Waals surface area contributed by atoms with Gasteiger partial charge in [0, 0.05) is 44.4 Å². The van der Waals surface area contributed by atoms with Gasteiger partial charge in [-0.3, -0.25) is 19.5 Å². The average Bonchev–Trinajstić information content (AvgIpc) is 3.30. The maximum atomic E-state index is 13.4. The molecular weight excluding hydrogens is 494 g/mol. The molecule has 2 amide bonds. The molecule has 2 fully saturated rings. The molecule has 0 radical (unpaired) electrons. The fourth-order valence-electron chi connectivity index (χ4n) is 5.23. The summed E-state index contributed by atoms with van der Waals surface area (Å²) in [6.45, 7) is 9.49. The largest absolute Gasteiger partial charge is 0.490 e. The first kappa shape index (κ1) is 26.8. The van der Waals surface area contributed by atoms with Gasteiger partial charge in [-0.25, -0.2) is 4.99 Å². The van der Waals surface area contributed by atoms with E-state index in [1.54, 1.807) is 30.3 Å². The van der Waals surface area contributed by atoms with E-state index >= 15 is 0 Å². The van der Waals surface area contributed by atoms with E-state index in [-0.39, 0.29) is 23.6 Å². The van der Waals surface area contributed by atoms with Crippen LogP contribution in [0.1, 0.15) is 49.0 Å². The molecule has 1 aromatic heterocycles. The highest BCUT2D eigenvalue weighted by Gasteiger charge is 2.31. The third kappa shape index (κ3) is 6.12. The Morgan fingerprint density at radius 3 is 2.69 bits per heavy atom. The van der Waals surface area contributed by atoms with Crippen LogP contribution in [-0.2, 0) is 11.3 Å². The molecule has 2 aromatic rings. The third-order valence-corrected chi connectivity index (χ3v) is 7.36. The summed E-state index contributed by atoms with van der Waals surface area (Å²) in [6.07, 6.45) is 7.63. The number of amidine groups is 1. The Morgan fingerprint density at radius 2 is 1.95 bits per heavy atom. The van der Waals surface area contributed by atoms with E-state index in [0.29, 0.717) is 30.1 Å². The van der Waals surface area contributed by atoms with Gasteiger partial charge in [0.25, 0.3) is 11.8 Å². The van der Waals surface area contributed by atoms with E-state index < -0.39 is 0 Å². The van der Waals surface area contributed by atoms with E-state index in [9.17, 15) is 9.59 Å². The van der Waals surface area contributed by atoms with Crippen LogP contribution in [0.15, 0.2) is 53.4 Å². The number of aliphatic imine (C=N–C) groups is 1. The molecule has 3 N–H and O–H groups in total. The lowest BCUT2D eigenvalue weighted by Gasteiger charge is -2.30. The Morgan fingerprint density at radius 1 is 1.18 bits per heavy atom. The van der Waals surface area contributed by atoms with Crippen molar-refractivity contribution in [3.8, 4) is 5.75 Å². The standard InChI is InChI=1S/C29H37N7O3/c1-3-24(28(37)34-25-18-32-12-9-26(25)35-15-13-31-14-16-35)33-27(4-2)36-19-20-5-6-22(17-23(20)29(36)38)39-21-7-10-30-11-8-21/h3,5-6,9,12,17-18,21,30-31H,4,7-8,10-11,13-16,19H2,1-2H3,(H,34,37)/b24-3-,33-27+. The van der Waals surface area contributed by atoms with Gasteiger partial charge in [0.2, 0.25) is 0 Å². The smallest absolute Gasteiger partial charge is 0.274 e. The van der Waals surface area contributed by atoms with Gasteiger partial charge in [-0.15, -0.1) is 0 Å². The van der Waals surface area contributed by atoms with Gasteiger partial charge in [-0.05, 0) is 56.6 Å². The fraction of sp³-hybridized carbons (Fsp3) is 0.448. The van der Waals surface area contributed by atoms with Gasteiger partial charge in [-0.1, -0.05) is 19.1 Å². The highest BCUT2D eigenvalue weighted by atomic mass is 16.5. The summed E-state index contributed by atoms with van der Waals surface area (Å²) in [6, 6.07) is 7.66. The number of pyridine rings is 1. The van der Waals surface area contributed by atoms with Crippen molar-refractivity contribution in [1.82, 2.24) is 20.5 Å². The molecule has 3 aliphatic heterocycles. The molecule has 206 valence electrons. The predicted molar refractivity (Wildman–Crippen MR) is 152 cm³/mol. The van der Waals surface area contributed by atoms with E-state index in [2.05, 4.69) is 30.8 Å². The van der Waals surface area contributed by atoms with Crippen molar-refractivity contribution in [2.24, 2.45) is 4.99 Å². The Balaban J connectivity index is 1.30. The first-order valence-electron chi connectivity index (χ1n) is 13.8. The summed E-state index contributed by atoms with van der Waals surface area (Å²) in [7, 11) is 0. The molecule has 0 unspecified atom stereocenters. The van der Waals surface area contributed by atoms with Crippen LogP contribution in [0.5, 0.6) is 5.75 Å². The second-order valence-corrected chi connectivity index (χ2v) is 9.92. The molecular formula is C29H37N7O3. The number of nitrogens with zero attached hydrogens (tertiary/aromatic N) is 4. The molecule has 10 heteroatoms. The minimum absolute atomic E-state index is 0.120. The number of amides is 2. The molecule has 0 bridgehead atoms. The Bertz CT molecular complexity index is 1260. The van der Waals surface area contributed by atoms with Crippen LogP contribution in [0.25, 0.3) is 0 Å². The molecule has 0 spiro atoms. The quantitative estimate of drug-likeness (QED) is 0.286. The number of fused-ring (bicyclic) bond motifs is 1. The van der Waals surface area contributed by atoms with Crippen molar-refractivity contribution in [3.63, 3.8) is 0 Å². The van der Waals surface area contributed by atoms with Crippen molar-refractivity contribution >= 4 is 29.0 Å². The number of carbonyl (C=O) groups excluding carboxylic acids is 2. The Hall–Kier alpha value is -3.76. The van der Waals surface area contributed by atoms with Crippen molar-refractivity contribution in [2.75, 3.05) is 49.5 Å². The molecule has 0 saturated carbocycles. The number of carbonyl (C=O) groups is 2. The number of nitrogens with one attached hydrogen (secondary N) is 3. The summed E-state index contributed by atoms with van der Waals surface area (Å²) >= 11 is 0. The Labute approximate surface area is 229 Å². The van der Waals surface area contributed by atoms with Gasteiger partial charge >= 0.3 is 0 Å². The molecule has 39 heavy (non-hydrogen) atoms. The highest BCUT2D eigenvalue weighted by Crippen LogP contribution is 2.30. The number of ether oxygens (including phenoxy) is 1. The molecule has 3 aliphatic rings. The summed E-state index contributed by atoms with van der Waals surface area (Å²) in [5.41, 5.74) is 3.39. The van der Waals surface area contributed by atoms with Crippen molar-refractivity contribution in [2.45, 2.75) is 45.8 Å². The maximum absolute atomic E-state index is 13.4. The zero-order valence-corrected chi connectivity index (χ0v) is 22.7. The first-order chi connectivity index (χ1) is 19.1. The topological polar surface area (TPSA) is 111 Å². The number of anilines is 2. The van der Waals surface area contributed by atoms with Gasteiger partial charge < -0.3 is 25.6 Å².